The highest BCUT2D eigenvalue weighted by atomic mass is 79.9. The Hall–Kier alpha value is -0.810. The van der Waals surface area contributed by atoms with Gasteiger partial charge in [0.2, 0.25) is 0 Å². The van der Waals surface area contributed by atoms with Gasteiger partial charge in [-0.15, -0.1) is 0 Å². The standard InChI is InChI=1S/C13H13BrClNO2/c14-10-3-4-11(15)9(6-10)7-16-12(8-17)13-2-1-5-18-13/h1-6,12,16-17H,7-8H2. The highest BCUT2D eigenvalue weighted by Gasteiger charge is 2.13. The summed E-state index contributed by atoms with van der Waals surface area (Å²) in [6.45, 7) is 0.531. The molecule has 1 heterocycles. The molecular weight excluding hydrogens is 318 g/mol. The van der Waals surface area contributed by atoms with Gasteiger partial charge in [-0.3, -0.25) is 0 Å². The van der Waals surface area contributed by atoms with Gasteiger partial charge >= 0.3 is 0 Å². The summed E-state index contributed by atoms with van der Waals surface area (Å²) in [5.41, 5.74) is 0.969. The van der Waals surface area contributed by atoms with E-state index in [-0.39, 0.29) is 12.6 Å². The highest BCUT2D eigenvalue weighted by molar-refractivity contribution is 9.10. The molecule has 1 aromatic heterocycles. The van der Waals surface area contributed by atoms with Crippen molar-refractivity contribution in [1.82, 2.24) is 5.32 Å². The lowest BCUT2D eigenvalue weighted by molar-refractivity contribution is 0.225. The zero-order valence-electron chi connectivity index (χ0n) is 9.57. The van der Waals surface area contributed by atoms with Crippen molar-refractivity contribution in [3.63, 3.8) is 0 Å². The summed E-state index contributed by atoms with van der Waals surface area (Å²) in [5.74, 6) is 0.712. The highest BCUT2D eigenvalue weighted by Crippen LogP contribution is 2.22. The Labute approximate surface area is 119 Å². The summed E-state index contributed by atoms with van der Waals surface area (Å²) in [6, 6.07) is 9.08. The first-order valence-electron chi connectivity index (χ1n) is 5.52. The van der Waals surface area contributed by atoms with E-state index < -0.39 is 0 Å². The SMILES string of the molecule is OCC(NCc1cc(Br)ccc1Cl)c1ccco1. The third kappa shape index (κ3) is 3.36. The van der Waals surface area contributed by atoms with Gasteiger partial charge in [0.15, 0.2) is 0 Å². The van der Waals surface area contributed by atoms with Gasteiger partial charge in [0.05, 0.1) is 18.9 Å². The number of furan rings is 1. The van der Waals surface area contributed by atoms with E-state index in [0.717, 1.165) is 10.0 Å². The van der Waals surface area contributed by atoms with Gasteiger partial charge in [-0.1, -0.05) is 27.5 Å². The summed E-state index contributed by atoms with van der Waals surface area (Å²) in [4.78, 5) is 0. The molecule has 96 valence electrons. The summed E-state index contributed by atoms with van der Waals surface area (Å²) < 4.78 is 6.24. The van der Waals surface area contributed by atoms with Gasteiger partial charge in [0.25, 0.3) is 0 Å². The van der Waals surface area contributed by atoms with Crippen molar-refractivity contribution >= 4 is 27.5 Å². The quantitative estimate of drug-likeness (QED) is 0.881. The molecule has 1 atom stereocenters. The van der Waals surface area contributed by atoms with Crippen LogP contribution in [0.4, 0.5) is 0 Å². The number of benzene rings is 1. The van der Waals surface area contributed by atoms with Crippen LogP contribution in [0.2, 0.25) is 5.02 Å². The minimum absolute atomic E-state index is 0.0286. The molecular formula is C13H13BrClNO2. The maximum atomic E-state index is 9.33. The first kappa shape index (κ1) is 13.6. The normalized spacial score (nSPS) is 12.6. The van der Waals surface area contributed by atoms with E-state index in [4.69, 9.17) is 16.0 Å². The number of halogens is 2. The van der Waals surface area contributed by atoms with Crippen LogP contribution in [0.3, 0.4) is 0 Å². The molecule has 5 heteroatoms. The van der Waals surface area contributed by atoms with E-state index in [9.17, 15) is 5.11 Å². The Morgan fingerprint density at radius 2 is 2.22 bits per heavy atom. The van der Waals surface area contributed by atoms with Crippen LogP contribution in [0, 0.1) is 0 Å². The molecule has 0 bridgehead atoms. The number of rotatable bonds is 5. The Bertz CT molecular complexity index is 502. The average molecular weight is 331 g/mol. The third-order valence-corrected chi connectivity index (χ3v) is 3.48. The minimum atomic E-state index is -0.227. The van der Waals surface area contributed by atoms with E-state index in [1.165, 1.54) is 0 Å². The topological polar surface area (TPSA) is 45.4 Å². The van der Waals surface area contributed by atoms with E-state index in [2.05, 4.69) is 21.2 Å². The van der Waals surface area contributed by atoms with E-state index in [0.29, 0.717) is 17.3 Å². The van der Waals surface area contributed by atoms with Crippen LogP contribution in [-0.2, 0) is 6.54 Å². The maximum absolute atomic E-state index is 9.33. The predicted octanol–water partition coefficient (Wildman–Crippen LogP) is 3.52. The van der Waals surface area contributed by atoms with Crippen molar-refractivity contribution in [3.8, 4) is 0 Å². The van der Waals surface area contributed by atoms with Gasteiger partial charge in [-0.05, 0) is 35.9 Å². The second-order valence-electron chi connectivity index (χ2n) is 3.87. The molecule has 2 aromatic rings. The molecule has 0 saturated heterocycles. The summed E-state index contributed by atoms with van der Waals surface area (Å²) in [7, 11) is 0. The number of aliphatic hydroxyl groups excluding tert-OH is 1. The van der Waals surface area contributed by atoms with Gasteiger partial charge in [0, 0.05) is 16.0 Å². The van der Waals surface area contributed by atoms with Crippen molar-refractivity contribution < 1.29 is 9.52 Å². The number of hydrogen-bond donors (Lipinski definition) is 2. The van der Waals surface area contributed by atoms with Crippen LogP contribution < -0.4 is 5.32 Å². The van der Waals surface area contributed by atoms with Crippen LogP contribution in [0.1, 0.15) is 17.4 Å². The van der Waals surface area contributed by atoms with Gasteiger partial charge in [-0.2, -0.15) is 0 Å². The summed E-state index contributed by atoms with van der Waals surface area (Å²) in [5, 5.41) is 13.2. The molecule has 0 spiro atoms. The molecule has 0 fully saturated rings. The van der Waals surface area contributed by atoms with Gasteiger partial charge in [-0.25, -0.2) is 0 Å². The van der Waals surface area contributed by atoms with Gasteiger partial charge in [0.1, 0.15) is 5.76 Å². The second kappa shape index (κ2) is 6.38. The van der Waals surface area contributed by atoms with Crippen molar-refractivity contribution in [1.29, 1.82) is 0 Å². The van der Waals surface area contributed by atoms with E-state index >= 15 is 0 Å². The summed E-state index contributed by atoms with van der Waals surface area (Å²) in [6.07, 6.45) is 1.59. The first-order valence-corrected chi connectivity index (χ1v) is 6.69. The zero-order valence-corrected chi connectivity index (χ0v) is 11.9. The van der Waals surface area contributed by atoms with Crippen molar-refractivity contribution in [2.45, 2.75) is 12.6 Å². The minimum Gasteiger partial charge on any atom is -0.468 e. The molecule has 0 aliphatic heterocycles. The Morgan fingerprint density at radius 3 is 2.89 bits per heavy atom. The number of hydrogen-bond acceptors (Lipinski definition) is 3. The molecule has 0 aliphatic carbocycles. The lowest BCUT2D eigenvalue weighted by Crippen LogP contribution is -2.23. The molecule has 0 saturated carbocycles. The average Bonchev–Trinajstić information content (AvgIpc) is 2.88. The lowest BCUT2D eigenvalue weighted by Gasteiger charge is -2.14. The maximum Gasteiger partial charge on any atom is 0.123 e. The fourth-order valence-corrected chi connectivity index (χ4v) is 2.25. The molecule has 1 unspecified atom stereocenters. The van der Waals surface area contributed by atoms with E-state index in [1.807, 2.05) is 24.3 Å². The largest absolute Gasteiger partial charge is 0.468 e. The predicted molar refractivity (Wildman–Crippen MR) is 74.5 cm³/mol. The Morgan fingerprint density at radius 1 is 1.39 bits per heavy atom. The molecule has 18 heavy (non-hydrogen) atoms. The fourth-order valence-electron chi connectivity index (χ4n) is 1.66. The van der Waals surface area contributed by atoms with Crippen LogP contribution in [0.25, 0.3) is 0 Å². The summed E-state index contributed by atoms with van der Waals surface area (Å²) >= 11 is 9.51. The molecule has 0 aliphatic rings. The van der Waals surface area contributed by atoms with Crippen LogP contribution in [0.5, 0.6) is 0 Å². The second-order valence-corrected chi connectivity index (χ2v) is 5.19. The van der Waals surface area contributed by atoms with Crippen molar-refractivity contribution in [3.05, 3.63) is 57.4 Å². The first-order chi connectivity index (χ1) is 8.70. The van der Waals surface area contributed by atoms with Crippen LogP contribution in [0.15, 0.2) is 45.5 Å². The molecule has 0 radical (unpaired) electrons. The van der Waals surface area contributed by atoms with Crippen molar-refractivity contribution in [2.24, 2.45) is 0 Å². The molecule has 2 N–H and O–H groups in total. The fraction of sp³-hybridized carbons (Fsp3) is 0.231. The lowest BCUT2D eigenvalue weighted by atomic mass is 10.2. The van der Waals surface area contributed by atoms with Crippen LogP contribution >= 0.6 is 27.5 Å². The number of aliphatic hydroxyl groups is 1. The van der Waals surface area contributed by atoms with Crippen LogP contribution in [-0.4, -0.2) is 11.7 Å². The number of nitrogens with one attached hydrogen (secondary N) is 1. The Balaban J connectivity index is 2.04. The molecule has 3 nitrogen and oxygen atoms in total. The Kier molecular flexibility index (Phi) is 4.83. The zero-order chi connectivity index (χ0) is 13.0. The molecule has 2 rings (SSSR count). The smallest absolute Gasteiger partial charge is 0.123 e. The van der Waals surface area contributed by atoms with E-state index in [1.54, 1.807) is 12.3 Å². The molecule has 0 amide bonds. The van der Waals surface area contributed by atoms with Gasteiger partial charge < -0.3 is 14.8 Å². The van der Waals surface area contributed by atoms with Crippen molar-refractivity contribution in [2.75, 3.05) is 6.61 Å². The monoisotopic (exact) mass is 329 g/mol. The third-order valence-electron chi connectivity index (χ3n) is 2.62. The molecule has 1 aromatic carbocycles.